The van der Waals surface area contributed by atoms with Crippen molar-refractivity contribution in [2.75, 3.05) is 0 Å². The number of thioether (sulfide) groups is 1. The molecule has 3 aromatic rings. The first-order valence-electron chi connectivity index (χ1n) is 5.85. The van der Waals surface area contributed by atoms with Crippen LogP contribution in [-0.2, 0) is 5.75 Å². The number of phenols is 1. The molecule has 0 aliphatic heterocycles. The minimum atomic E-state index is 0.202. The molecule has 0 atom stereocenters. The smallest absolute Gasteiger partial charge is 0.214 e. The molecule has 7 nitrogen and oxygen atoms in total. The van der Waals surface area contributed by atoms with Gasteiger partial charge in [-0.3, -0.25) is 0 Å². The third kappa shape index (κ3) is 2.64. The summed E-state index contributed by atoms with van der Waals surface area (Å²) in [6.07, 6.45) is 0. The maximum Gasteiger partial charge on any atom is 0.214 e. The van der Waals surface area contributed by atoms with E-state index in [1.807, 2.05) is 13.0 Å². The van der Waals surface area contributed by atoms with E-state index < -0.39 is 0 Å². The summed E-state index contributed by atoms with van der Waals surface area (Å²) in [6, 6.07) is 8.54. The van der Waals surface area contributed by atoms with Crippen LogP contribution in [0.15, 0.2) is 40.0 Å². The second-order valence-electron chi connectivity index (χ2n) is 4.11. The number of rotatable bonds is 4. The van der Waals surface area contributed by atoms with E-state index in [4.69, 9.17) is 4.52 Å². The Morgan fingerprint density at radius 3 is 2.80 bits per heavy atom. The summed E-state index contributed by atoms with van der Waals surface area (Å²) in [5.41, 5.74) is 1.63. The molecule has 0 spiro atoms. The molecule has 102 valence electrons. The first-order chi connectivity index (χ1) is 9.72. The van der Waals surface area contributed by atoms with Gasteiger partial charge in [-0.15, -0.1) is 5.10 Å². The van der Waals surface area contributed by atoms with Crippen molar-refractivity contribution in [1.82, 2.24) is 25.4 Å². The van der Waals surface area contributed by atoms with Crippen LogP contribution in [0.1, 0.15) is 11.5 Å². The van der Waals surface area contributed by atoms with Crippen LogP contribution in [0.25, 0.3) is 5.69 Å². The molecule has 0 saturated heterocycles. The van der Waals surface area contributed by atoms with Crippen molar-refractivity contribution < 1.29 is 9.63 Å². The Bertz CT molecular complexity index is 707. The van der Waals surface area contributed by atoms with E-state index in [9.17, 15) is 5.11 Å². The van der Waals surface area contributed by atoms with Crippen LogP contribution < -0.4 is 0 Å². The molecule has 0 amide bonds. The number of hydrogen-bond donors (Lipinski definition) is 1. The van der Waals surface area contributed by atoms with Crippen molar-refractivity contribution in [2.24, 2.45) is 0 Å². The van der Waals surface area contributed by atoms with Crippen LogP contribution in [0.2, 0.25) is 0 Å². The molecular formula is C12H11N5O2S. The van der Waals surface area contributed by atoms with Crippen molar-refractivity contribution in [3.8, 4) is 11.4 Å². The molecule has 1 aromatic carbocycles. The molecule has 2 aromatic heterocycles. The van der Waals surface area contributed by atoms with Gasteiger partial charge in [-0.05, 0) is 41.6 Å². The minimum Gasteiger partial charge on any atom is -0.508 e. The summed E-state index contributed by atoms with van der Waals surface area (Å²) in [5, 5.41) is 25.4. The topological polar surface area (TPSA) is 89.9 Å². The number of aryl methyl sites for hydroxylation is 1. The van der Waals surface area contributed by atoms with E-state index in [2.05, 4.69) is 20.7 Å². The largest absolute Gasteiger partial charge is 0.508 e. The lowest BCUT2D eigenvalue weighted by atomic mass is 10.3. The van der Waals surface area contributed by atoms with Crippen LogP contribution >= 0.6 is 11.8 Å². The summed E-state index contributed by atoms with van der Waals surface area (Å²) in [5.74, 6) is 1.57. The Labute approximate surface area is 118 Å². The third-order valence-corrected chi connectivity index (χ3v) is 3.50. The lowest BCUT2D eigenvalue weighted by Gasteiger charge is -2.03. The molecule has 20 heavy (non-hydrogen) atoms. The molecule has 1 N–H and O–H groups in total. The number of nitrogens with zero attached hydrogens (tertiary/aromatic N) is 5. The molecular weight excluding hydrogens is 278 g/mol. The molecule has 0 aliphatic rings. The second kappa shape index (κ2) is 5.33. The zero-order chi connectivity index (χ0) is 13.9. The van der Waals surface area contributed by atoms with Gasteiger partial charge >= 0.3 is 0 Å². The number of benzene rings is 1. The van der Waals surface area contributed by atoms with Crippen molar-refractivity contribution in [3.05, 3.63) is 41.8 Å². The fourth-order valence-electron chi connectivity index (χ4n) is 1.64. The first-order valence-corrected chi connectivity index (χ1v) is 6.84. The minimum absolute atomic E-state index is 0.202. The Hall–Kier alpha value is -2.35. The van der Waals surface area contributed by atoms with Crippen LogP contribution in [0.5, 0.6) is 5.75 Å². The Morgan fingerprint density at radius 2 is 2.10 bits per heavy atom. The van der Waals surface area contributed by atoms with Gasteiger partial charge in [0, 0.05) is 6.07 Å². The van der Waals surface area contributed by atoms with Gasteiger partial charge in [-0.25, -0.2) is 0 Å². The van der Waals surface area contributed by atoms with Crippen LogP contribution in [-0.4, -0.2) is 30.5 Å². The zero-order valence-corrected chi connectivity index (χ0v) is 11.4. The normalized spacial score (nSPS) is 10.8. The molecule has 0 fully saturated rings. The second-order valence-corrected chi connectivity index (χ2v) is 5.06. The molecule has 3 rings (SSSR count). The number of phenolic OH excluding ortho intramolecular Hbond substituents is 1. The third-order valence-electron chi connectivity index (χ3n) is 2.56. The van der Waals surface area contributed by atoms with Crippen molar-refractivity contribution in [3.63, 3.8) is 0 Å². The average molecular weight is 289 g/mol. The molecule has 0 radical (unpaired) electrons. The van der Waals surface area contributed by atoms with Gasteiger partial charge in [-0.1, -0.05) is 16.9 Å². The van der Waals surface area contributed by atoms with Crippen molar-refractivity contribution >= 4 is 11.8 Å². The fourth-order valence-corrected chi connectivity index (χ4v) is 2.41. The van der Waals surface area contributed by atoms with Gasteiger partial charge in [0.1, 0.15) is 11.5 Å². The van der Waals surface area contributed by atoms with Gasteiger partial charge in [-0.2, -0.15) is 4.68 Å². The molecule has 0 saturated carbocycles. The molecule has 0 bridgehead atoms. The monoisotopic (exact) mass is 289 g/mol. The summed E-state index contributed by atoms with van der Waals surface area (Å²) in [7, 11) is 0. The quantitative estimate of drug-likeness (QED) is 0.734. The van der Waals surface area contributed by atoms with E-state index in [0.29, 0.717) is 10.9 Å². The Morgan fingerprint density at radius 1 is 1.30 bits per heavy atom. The average Bonchev–Trinajstić information content (AvgIpc) is 3.06. The first kappa shape index (κ1) is 12.7. The van der Waals surface area contributed by atoms with Gasteiger partial charge < -0.3 is 9.63 Å². The number of tetrazole rings is 1. The standard InChI is InChI=1S/C12H11N5O2S/c1-8-6-11(19-14-8)7-20-12-13-15-16-17(12)9-2-4-10(18)5-3-9/h2-6,18H,7H2,1H3. The van der Waals surface area contributed by atoms with E-state index in [-0.39, 0.29) is 5.75 Å². The van der Waals surface area contributed by atoms with Gasteiger partial charge in [0.15, 0.2) is 0 Å². The zero-order valence-electron chi connectivity index (χ0n) is 10.6. The van der Waals surface area contributed by atoms with Crippen LogP contribution in [0, 0.1) is 6.92 Å². The van der Waals surface area contributed by atoms with Crippen molar-refractivity contribution in [2.45, 2.75) is 17.8 Å². The highest BCUT2D eigenvalue weighted by atomic mass is 32.2. The van der Waals surface area contributed by atoms with E-state index in [1.165, 1.54) is 11.8 Å². The van der Waals surface area contributed by atoms with E-state index >= 15 is 0 Å². The summed E-state index contributed by atoms with van der Waals surface area (Å²) < 4.78 is 6.75. The van der Waals surface area contributed by atoms with E-state index in [0.717, 1.165) is 17.1 Å². The molecule has 0 unspecified atom stereocenters. The highest BCUT2D eigenvalue weighted by Crippen LogP contribution is 2.23. The lowest BCUT2D eigenvalue weighted by Crippen LogP contribution is -1.98. The molecule has 0 aliphatic carbocycles. The fraction of sp³-hybridized carbons (Fsp3) is 0.167. The van der Waals surface area contributed by atoms with E-state index in [1.54, 1.807) is 28.9 Å². The van der Waals surface area contributed by atoms with Gasteiger partial charge in [0.05, 0.1) is 17.1 Å². The van der Waals surface area contributed by atoms with Crippen molar-refractivity contribution in [1.29, 1.82) is 0 Å². The van der Waals surface area contributed by atoms with Crippen LogP contribution in [0.4, 0.5) is 0 Å². The summed E-state index contributed by atoms with van der Waals surface area (Å²) in [4.78, 5) is 0. The maximum atomic E-state index is 9.29. The number of hydrogen-bond acceptors (Lipinski definition) is 7. The SMILES string of the molecule is Cc1cc(CSc2nnnn2-c2ccc(O)cc2)on1. The summed E-state index contributed by atoms with van der Waals surface area (Å²) >= 11 is 1.45. The lowest BCUT2D eigenvalue weighted by molar-refractivity contribution is 0.391. The predicted molar refractivity (Wildman–Crippen MR) is 71.6 cm³/mol. The highest BCUT2D eigenvalue weighted by Gasteiger charge is 2.10. The summed E-state index contributed by atoms with van der Waals surface area (Å²) in [6.45, 7) is 1.87. The number of aromatic nitrogens is 5. The predicted octanol–water partition coefficient (Wildman–Crippen LogP) is 1.96. The van der Waals surface area contributed by atoms with Gasteiger partial charge in [0.2, 0.25) is 5.16 Å². The van der Waals surface area contributed by atoms with Gasteiger partial charge in [0.25, 0.3) is 0 Å². The Kier molecular flexibility index (Phi) is 3.38. The van der Waals surface area contributed by atoms with Crippen LogP contribution in [0.3, 0.4) is 0 Å². The Balaban J connectivity index is 1.78. The molecule has 2 heterocycles. The maximum absolute atomic E-state index is 9.29. The number of aromatic hydroxyl groups is 1. The molecule has 8 heteroatoms. The highest BCUT2D eigenvalue weighted by molar-refractivity contribution is 7.98.